The van der Waals surface area contributed by atoms with Crippen LogP contribution in [0.25, 0.3) is 11.6 Å². The topological polar surface area (TPSA) is 80.9 Å². The van der Waals surface area contributed by atoms with E-state index in [1.54, 1.807) is 19.2 Å². The summed E-state index contributed by atoms with van der Waals surface area (Å²) >= 11 is 0. The van der Waals surface area contributed by atoms with Gasteiger partial charge in [0.25, 0.3) is 5.89 Å². The van der Waals surface area contributed by atoms with Crippen molar-refractivity contribution in [1.82, 2.24) is 20.5 Å². The van der Waals surface area contributed by atoms with E-state index < -0.39 is 0 Å². The van der Waals surface area contributed by atoms with Gasteiger partial charge in [0.2, 0.25) is 11.8 Å². The fraction of sp³-hybridized carbons (Fsp3) is 0.273. The highest BCUT2D eigenvalue weighted by atomic mass is 16.4. The van der Waals surface area contributed by atoms with Crippen molar-refractivity contribution < 1.29 is 9.21 Å². The lowest BCUT2D eigenvalue weighted by atomic mass is 10.3. The van der Waals surface area contributed by atoms with Crippen LogP contribution in [0.1, 0.15) is 19.2 Å². The summed E-state index contributed by atoms with van der Waals surface area (Å²) < 4.78 is 5.37. The second-order valence-corrected chi connectivity index (χ2v) is 3.35. The smallest absolute Gasteiger partial charge is 0.266 e. The second-order valence-electron chi connectivity index (χ2n) is 3.35. The molecule has 0 bridgehead atoms. The van der Waals surface area contributed by atoms with E-state index in [2.05, 4.69) is 20.5 Å². The molecule has 0 aliphatic rings. The van der Waals surface area contributed by atoms with E-state index in [9.17, 15) is 4.79 Å². The van der Waals surface area contributed by atoms with Crippen molar-refractivity contribution in [2.75, 3.05) is 0 Å². The number of nitrogens with zero attached hydrogens (tertiary/aromatic N) is 3. The molecule has 0 spiro atoms. The van der Waals surface area contributed by atoms with Crippen molar-refractivity contribution in [2.24, 2.45) is 0 Å². The molecule has 6 nitrogen and oxygen atoms in total. The van der Waals surface area contributed by atoms with Gasteiger partial charge in [-0.25, -0.2) is 0 Å². The zero-order valence-electron chi connectivity index (χ0n) is 9.38. The molecule has 1 N–H and O–H groups in total. The van der Waals surface area contributed by atoms with Gasteiger partial charge in [-0.05, 0) is 12.1 Å². The highest BCUT2D eigenvalue weighted by Gasteiger charge is 2.09. The number of rotatable bonds is 4. The number of amides is 1. The van der Waals surface area contributed by atoms with Crippen molar-refractivity contribution in [3.8, 4) is 11.6 Å². The SMILES string of the molecule is CCC(=O)NCc1nnc(-c2ccccn2)o1. The van der Waals surface area contributed by atoms with E-state index in [1.165, 1.54) is 0 Å². The van der Waals surface area contributed by atoms with Gasteiger partial charge in [0.15, 0.2) is 0 Å². The zero-order chi connectivity index (χ0) is 12.1. The van der Waals surface area contributed by atoms with Crippen LogP contribution in [0.2, 0.25) is 0 Å². The van der Waals surface area contributed by atoms with Crippen LogP contribution in [-0.4, -0.2) is 21.1 Å². The van der Waals surface area contributed by atoms with Crippen molar-refractivity contribution in [3.63, 3.8) is 0 Å². The normalized spacial score (nSPS) is 10.2. The van der Waals surface area contributed by atoms with Crippen LogP contribution < -0.4 is 5.32 Å². The lowest BCUT2D eigenvalue weighted by molar-refractivity contribution is -0.121. The molecule has 17 heavy (non-hydrogen) atoms. The maximum absolute atomic E-state index is 11.0. The van der Waals surface area contributed by atoms with Crippen LogP contribution in [-0.2, 0) is 11.3 Å². The van der Waals surface area contributed by atoms with Crippen molar-refractivity contribution in [3.05, 3.63) is 30.3 Å². The molecule has 2 rings (SSSR count). The van der Waals surface area contributed by atoms with E-state index in [0.29, 0.717) is 23.9 Å². The zero-order valence-corrected chi connectivity index (χ0v) is 9.38. The van der Waals surface area contributed by atoms with Crippen LogP contribution in [0.5, 0.6) is 0 Å². The Hall–Kier alpha value is -2.24. The Morgan fingerprint density at radius 2 is 2.29 bits per heavy atom. The minimum absolute atomic E-state index is 0.0532. The molecule has 0 aromatic carbocycles. The average molecular weight is 232 g/mol. The number of aromatic nitrogens is 3. The van der Waals surface area contributed by atoms with Crippen LogP contribution in [0.4, 0.5) is 0 Å². The molecule has 0 saturated carbocycles. The summed E-state index contributed by atoms with van der Waals surface area (Å²) in [7, 11) is 0. The summed E-state index contributed by atoms with van der Waals surface area (Å²) in [6, 6.07) is 5.43. The minimum Gasteiger partial charge on any atom is -0.417 e. The first-order chi connectivity index (χ1) is 8.29. The van der Waals surface area contributed by atoms with Crippen LogP contribution >= 0.6 is 0 Å². The molecule has 0 unspecified atom stereocenters. The summed E-state index contributed by atoms with van der Waals surface area (Å²) in [6.07, 6.45) is 2.08. The lowest BCUT2D eigenvalue weighted by Crippen LogP contribution is -2.21. The number of carbonyl (C=O) groups excluding carboxylic acids is 1. The molecule has 0 saturated heterocycles. The standard InChI is InChI=1S/C11H12N4O2/c1-2-9(16)13-7-10-14-15-11(17-10)8-5-3-4-6-12-8/h3-6H,2,7H2,1H3,(H,13,16). The fourth-order valence-corrected chi connectivity index (χ4v) is 1.22. The summed E-state index contributed by atoms with van der Waals surface area (Å²) in [5.41, 5.74) is 0.619. The van der Waals surface area contributed by atoms with Gasteiger partial charge in [-0.1, -0.05) is 13.0 Å². The first kappa shape index (κ1) is 11.3. The summed E-state index contributed by atoms with van der Waals surface area (Å²) in [6.45, 7) is 2.02. The van der Waals surface area contributed by atoms with Crippen LogP contribution in [0, 0.1) is 0 Å². The predicted molar refractivity (Wildman–Crippen MR) is 59.7 cm³/mol. The molecular weight excluding hydrogens is 220 g/mol. The lowest BCUT2D eigenvalue weighted by Gasteiger charge is -1.97. The highest BCUT2D eigenvalue weighted by molar-refractivity contribution is 5.75. The first-order valence-electron chi connectivity index (χ1n) is 5.30. The molecule has 2 heterocycles. The molecule has 0 aliphatic carbocycles. The molecule has 0 aliphatic heterocycles. The minimum atomic E-state index is -0.0532. The maximum Gasteiger partial charge on any atom is 0.266 e. The Morgan fingerprint density at radius 1 is 1.41 bits per heavy atom. The third-order valence-corrected chi connectivity index (χ3v) is 2.11. The third kappa shape index (κ3) is 2.87. The van der Waals surface area contributed by atoms with E-state index in [1.807, 2.05) is 12.1 Å². The Balaban J connectivity index is 2.04. The molecule has 2 aromatic heterocycles. The summed E-state index contributed by atoms with van der Waals surface area (Å²) in [5.74, 6) is 0.668. The molecule has 0 atom stereocenters. The van der Waals surface area contributed by atoms with Crippen molar-refractivity contribution >= 4 is 5.91 Å². The van der Waals surface area contributed by atoms with E-state index in [4.69, 9.17) is 4.42 Å². The largest absolute Gasteiger partial charge is 0.417 e. The molecule has 1 amide bonds. The number of pyridine rings is 1. The fourth-order valence-electron chi connectivity index (χ4n) is 1.22. The quantitative estimate of drug-likeness (QED) is 0.855. The molecule has 6 heteroatoms. The number of hydrogen-bond donors (Lipinski definition) is 1. The summed E-state index contributed by atoms with van der Waals surface area (Å²) in [4.78, 5) is 15.1. The van der Waals surface area contributed by atoms with Gasteiger partial charge >= 0.3 is 0 Å². The van der Waals surface area contributed by atoms with Gasteiger partial charge in [0.1, 0.15) is 5.69 Å². The molecule has 88 valence electrons. The third-order valence-electron chi connectivity index (χ3n) is 2.11. The maximum atomic E-state index is 11.0. The molecular formula is C11H12N4O2. The molecule has 0 radical (unpaired) electrons. The number of hydrogen-bond acceptors (Lipinski definition) is 5. The van der Waals surface area contributed by atoms with Gasteiger partial charge in [-0.2, -0.15) is 0 Å². The van der Waals surface area contributed by atoms with Gasteiger partial charge in [-0.3, -0.25) is 9.78 Å². The number of nitrogens with one attached hydrogen (secondary N) is 1. The Kier molecular flexibility index (Phi) is 3.44. The van der Waals surface area contributed by atoms with E-state index >= 15 is 0 Å². The van der Waals surface area contributed by atoms with Crippen LogP contribution in [0.15, 0.2) is 28.8 Å². The highest BCUT2D eigenvalue weighted by Crippen LogP contribution is 2.13. The Morgan fingerprint density at radius 3 is 3.00 bits per heavy atom. The predicted octanol–water partition coefficient (Wildman–Crippen LogP) is 1.16. The Bertz CT molecular complexity index is 495. The van der Waals surface area contributed by atoms with Crippen molar-refractivity contribution in [2.45, 2.75) is 19.9 Å². The van der Waals surface area contributed by atoms with Gasteiger partial charge < -0.3 is 9.73 Å². The van der Waals surface area contributed by atoms with E-state index in [-0.39, 0.29) is 12.5 Å². The molecule has 2 aromatic rings. The monoisotopic (exact) mass is 232 g/mol. The van der Waals surface area contributed by atoms with Gasteiger partial charge in [0.05, 0.1) is 6.54 Å². The van der Waals surface area contributed by atoms with E-state index in [0.717, 1.165) is 0 Å². The van der Waals surface area contributed by atoms with Crippen LogP contribution in [0.3, 0.4) is 0 Å². The summed E-state index contributed by atoms with van der Waals surface area (Å²) in [5, 5.41) is 10.3. The van der Waals surface area contributed by atoms with Crippen molar-refractivity contribution in [1.29, 1.82) is 0 Å². The van der Waals surface area contributed by atoms with Gasteiger partial charge in [0, 0.05) is 12.6 Å². The second kappa shape index (κ2) is 5.20. The van der Waals surface area contributed by atoms with Gasteiger partial charge in [-0.15, -0.1) is 10.2 Å². The number of carbonyl (C=O) groups is 1. The molecule has 0 fully saturated rings. The Labute approximate surface area is 98.1 Å². The average Bonchev–Trinajstić information content (AvgIpc) is 2.86. The first-order valence-corrected chi connectivity index (χ1v) is 5.30.